The van der Waals surface area contributed by atoms with Gasteiger partial charge in [0.1, 0.15) is 5.60 Å². The fourth-order valence-electron chi connectivity index (χ4n) is 10.8. The van der Waals surface area contributed by atoms with Crippen LogP contribution in [0.1, 0.15) is 548 Å². The molecule has 0 amide bonds. The molecule has 0 saturated carbocycles. The molecule has 0 heterocycles. The molecule has 0 aliphatic carbocycles. The van der Waals surface area contributed by atoms with Gasteiger partial charge in [-0.3, -0.25) is 4.39 Å². The van der Waals surface area contributed by atoms with Crippen molar-refractivity contribution in [1.82, 2.24) is 0 Å². The van der Waals surface area contributed by atoms with Crippen LogP contribution in [-0.4, -0.2) is 98.3 Å². The Hall–Kier alpha value is -0.530. The molecule has 0 aromatic carbocycles. The van der Waals surface area contributed by atoms with Crippen LogP contribution >= 0.6 is 0 Å². The van der Waals surface area contributed by atoms with Crippen LogP contribution in [0, 0.1) is 116 Å². The van der Waals surface area contributed by atoms with Crippen molar-refractivity contribution >= 4 is 0 Å². The lowest BCUT2D eigenvalue weighted by atomic mass is 9.65. The Labute approximate surface area is 771 Å². The van der Waals surface area contributed by atoms with E-state index in [1.165, 1.54) is 19.3 Å². The number of rotatable bonds is 19. The third-order valence-electron chi connectivity index (χ3n) is 32.0. The molecule has 0 aliphatic heterocycles. The lowest BCUT2D eigenvalue weighted by Gasteiger charge is -2.44. The van der Waals surface area contributed by atoms with Gasteiger partial charge in [0, 0.05) is 6.92 Å². The fraction of sp³-hybridized carbons (Fsp3) is 1.00. The first-order valence-corrected chi connectivity index (χ1v) is 48.7. The van der Waals surface area contributed by atoms with E-state index in [1.54, 1.807) is 20.8 Å². The van der Waals surface area contributed by atoms with Crippen molar-refractivity contribution in [3.8, 4) is 0 Å². The lowest BCUT2D eigenvalue weighted by Crippen LogP contribution is -2.53. The summed E-state index contributed by atoms with van der Waals surface area (Å²) in [6.45, 7) is 141. The largest absolute Gasteiger partial charge is 0.390 e. The lowest BCUT2D eigenvalue weighted by molar-refractivity contribution is -0.207. The monoisotopic (exact) mass is 1760 g/mol. The van der Waals surface area contributed by atoms with E-state index in [9.17, 15) is 54.0 Å². The highest BCUT2D eigenvalue weighted by Gasteiger charge is 2.53. The van der Waals surface area contributed by atoms with Crippen LogP contribution in [0.25, 0.3) is 0 Å². The van der Waals surface area contributed by atoms with Gasteiger partial charge in [0.05, 0.1) is 45.9 Å². The van der Waals surface area contributed by atoms with E-state index in [4.69, 9.17) is 0 Å². The van der Waals surface area contributed by atoms with Crippen LogP contribution in [0.15, 0.2) is 0 Å². The van der Waals surface area contributed by atoms with Crippen molar-refractivity contribution in [1.29, 1.82) is 0 Å². The Bertz CT molecular complexity index is 2440. The molecule has 10 unspecified atom stereocenters. The fourth-order valence-corrected chi connectivity index (χ4v) is 10.8. The predicted molar refractivity (Wildman–Crippen MR) is 548 cm³/mol. The summed E-state index contributed by atoms with van der Waals surface area (Å²) in [5, 5.41) is 79.8. The minimum atomic E-state index is -3.06. The standard InChI is InChI=1S/2C11H24O.2C10H22O.C10H22.2C9H20O.C9H20.C8H16F2O.C8H17F.C8H18O.C8H18/c1-7-11(12,8-9(2)3)10(4,5)6;1-7-9(3)11(12,8-2)10(4,5)6;1-8(2)7-10(6,11)9(3,4)5;1-7-8(2)10(6,11)9(3,4)5;1-7-10(6,8-2)9(3,4)5;1-7(2)9(6,10)8(3,4)5;1-6-7-9(5,10)8(2,3)4;1-7-9(5,6)8(2,3)4;1-6(2,3)7(4,11)8(5,9)10;1-7(2,3)8(4,5)6-9;1-6-8(5,9)7(2,3)4;1-7(2,3)8(4,5)6/h2*9,12H,7-8H2,1-6H3;2*8,11H,7H2,1-6H3;7-8H2,1-6H3;7,10H,1-6H3;10H,6-7H2,1-5H3;7H2,1-6H3;11H,1-5H3;6H2,1-5H3;9H,6H2,1-5H3;1-6H3. The second-order valence-corrected chi connectivity index (χ2v) is 54.6. The van der Waals surface area contributed by atoms with Crippen LogP contribution in [0.4, 0.5) is 13.2 Å². The van der Waals surface area contributed by atoms with Crippen LogP contribution in [0.5, 0.6) is 0 Å². The molecular formula is C111H243F3O8. The molecule has 0 aromatic rings. The number of hydrogen-bond donors (Lipinski definition) is 8. The molecule has 122 heavy (non-hydrogen) atoms. The molecule has 8 N–H and O–H groups in total. The highest BCUT2D eigenvalue weighted by Crippen LogP contribution is 2.47. The summed E-state index contributed by atoms with van der Waals surface area (Å²) in [6, 6.07) is 0. The van der Waals surface area contributed by atoms with Gasteiger partial charge in [-0.2, -0.15) is 0 Å². The summed E-state index contributed by atoms with van der Waals surface area (Å²) in [6.07, 6.45) is 12.1. The zero-order chi connectivity index (χ0) is 104. The Morgan fingerprint density at radius 1 is 0.246 bits per heavy atom. The zero-order valence-electron chi connectivity index (χ0n) is 97.3. The molecule has 0 aromatic heterocycles. The second kappa shape index (κ2) is 54.6. The van der Waals surface area contributed by atoms with Crippen molar-refractivity contribution in [2.45, 2.75) is 599 Å². The van der Waals surface area contributed by atoms with Crippen LogP contribution < -0.4 is 0 Å². The summed E-state index contributed by atoms with van der Waals surface area (Å²) in [7, 11) is 0. The highest BCUT2D eigenvalue weighted by molar-refractivity contribution is 4.97. The van der Waals surface area contributed by atoms with Gasteiger partial charge in [-0.25, -0.2) is 8.78 Å². The molecule has 0 rings (SSSR count). The topological polar surface area (TPSA) is 162 Å². The van der Waals surface area contributed by atoms with Crippen molar-refractivity contribution < 1.29 is 54.0 Å². The van der Waals surface area contributed by atoms with E-state index in [-0.39, 0.29) is 55.4 Å². The summed E-state index contributed by atoms with van der Waals surface area (Å²) >= 11 is 0. The number of aliphatic hydroxyl groups is 8. The molecule has 11 heteroatoms. The van der Waals surface area contributed by atoms with Crippen molar-refractivity contribution in [2.75, 3.05) is 6.67 Å². The van der Waals surface area contributed by atoms with E-state index in [0.29, 0.717) is 62.1 Å². The van der Waals surface area contributed by atoms with Crippen LogP contribution in [0.3, 0.4) is 0 Å². The average molecular weight is 1760 g/mol. The maximum Gasteiger partial charge on any atom is 0.273 e. The molecule has 0 saturated heterocycles. The van der Waals surface area contributed by atoms with E-state index < -0.39 is 56.1 Å². The average Bonchev–Trinajstić information content (AvgIpc) is 0.787. The van der Waals surface area contributed by atoms with Crippen LogP contribution in [0.2, 0.25) is 0 Å². The smallest absolute Gasteiger partial charge is 0.273 e. The number of alkyl halides is 3. The molecule has 0 radical (unpaired) electrons. The maximum absolute atomic E-state index is 12.7. The summed E-state index contributed by atoms with van der Waals surface area (Å²) < 4.78 is 37.8. The first-order valence-electron chi connectivity index (χ1n) is 48.7. The highest BCUT2D eigenvalue weighted by atomic mass is 19.3. The molecule has 756 valence electrons. The Morgan fingerprint density at radius 2 is 0.533 bits per heavy atom. The van der Waals surface area contributed by atoms with Crippen LogP contribution in [-0.2, 0) is 0 Å². The minimum absolute atomic E-state index is 0.00174. The third-order valence-corrected chi connectivity index (χ3v) is 32.0. The van der Waals surface area contributed by atoms with Crippen molar-refractivity contribution in [2.24, 2.45) is 116 Å². The number of hydrogen-bond acceptors (Lipinski definition) is 8. The summed E-state index contributed by atoms with van der Waals surface area (Å²) in [5.74, 6) is -0.887. The van der Waals surface area contributed by atoms with Gasteiger partial charge in [-0.05, 0) is 196 Å². The molecular weight excluding hydrogens is 1520 g/mol. The van der Waals surface area contributed by atoms with E-state index in [0.717, 1.165) is 71.6 Å². The van der Waals surface area contributed by atoms with Gasteiger partial charge in [0.2, 0.25) is 0 Å². The van der Waals surface area contributed by atoms with Crippen molar-refractivity contribution in [3.05, 3.63) is 0 Å². The summed E-state index contributed by atoms with van der Waals surface area (Å²) in [5.41, 5.74) is -3.90. The van der Waals surface area contributed by atoms with Gasteiger partial charge in [0.25, 0.3) is 5.92 Å². The molecule has 0 spiro atoms. The SMILES string of the molecule is CC(C)(C)C(C)(C)C.CC(C)(C)C(C)(C)CF.CC(C)(C)C(C)(O)C(C)(F)F.CC(C)C(C)(O)C(C)(C)C.CC(C)CC(C)(O)C(C)(C)C.CCC(C)(C)C(C)(C)C.CCC(C)(CC)C(C)(C)C.CCC(C)(O)C(C)(C)C.CCC(C)C(C)(O)C(C)(C)C.CCC(C)C(O)(CC)C(C)(C)C.CCC(O)(CC(C)C)C(C)(C)C.CCCC(C)(O)C(C)(C)C. The second-order valence-electron chi connectivity index (χ2n) is 54.6. The number of halogens is 3. The van der Waals surface area contributed by atoms with Gasteiger partial charge in [0.15, 0.2) is 0 Å². The zero-order valence-corrected chi connectivity index (χ0v) is 97.3. The normalized spacial score (nSPS) is 17.8. The molecule has 0 bridgehead atoms. The summed E-state index contributed by atoms with van der Waals surface area (Å²) in [4.78, 5) is 0. The first kappa shape index (κ1) is 147. The van der Waals surface area contributed by atoms with Gasteiger partial charge >= 0.3 is 0 Å². The van der Waals surface area contributed by atoms with Gasteiger partial charge < -0.3 is 40.9 Å². The molecule has 10 atom stereocenters. The quantitative estimate of drug-likeness (QED) is 0.0634. The Morgan fingerprint density at radius 3 is 0.574 bits per heavy atom. The van der Waals surface area contributed by atoms with E-state index >= 15 is 0 Å². The minimum Gasteiger partial charge on any atom is -0.390 e. The maximum atomic E-state index is 12.7. The first-order chi connectivity index (χ1) is 52.0. The molecule has 0 aliphatic rings. The predicted octanol–water partition coefficient (Wildman–Crippen LogP) is 35.2. The van der Waals surface area contributed by atoms with Gasteiger partial charge in [-0.15, -0.1) is 0 Å². The Kier molecular flexibility index (Phi) is 65.8. The Balaban J connectivity index is -0.000000108. The molecule has 0 fully saturated rings. The third kappa shape index (κ3) is 55.7. The van der Waals surface area contributed by atoms with E-state index in [2.05, 4.69) is 367 Å². The van der Waals surface area contributed by atoms with Gasteiger partial charge in [-0.1, -0.05) is 461 Å². The van der Waals surface area contributed by atoms with Crippen molar-refractivity contribution in [3.63, 3.8) is 0 Å². The molecule has 8 nitrogen and oxygen atoms in total. The van der Waals surface area contributed by atoms with E-state index in [1.807, 2.05) is 69.2 Å².